The van der Waals surface area contributed by atoms with Crippen LogP contribution < -0.4 is 0 Å². The molecule has 30 heavy (non-hydrogen) atoms. The van der Waals surface area contributed by atoms with E-state index < -0.39 is 11.9 Å². The third-order valence-electron chi connectivity index (χ3n) is 4.81. The molecule has 0 bridgehead atoms. The topological polar surface area (TPSA) is 111 Å². The van der Waals surface area contributed by atoms with Crippen LogP contribution in [0.1, 0.15) is 24.0 Å². The number of hydrogen-bond donors (Lipinski definition) is 2. The van der Waals surface area contributed by atoms with Crippen molar-refractivity contribution < 1.29 is 24.6 Å². The Balaban J connectivity index is 0.000000469. The van der Waals surface area contributed by atoms with Crippen LogP contribution in [0.5, 0.6) is 0 Å². The highest BCUT2D eigenvalue weighted by atomic mass is 16.4. The monoisotopic (exact) mass is 413 g/mol. The van der Waals surface area contributed by atoms with Gasteiger partial charge in [-0.25, -0.2) is 9.59 Å². The molecule has 0 spiro atoms. The zero-order valence-electron chi connectivity index (χ0n) is 17.0. The number of carboxylic acids is 2. The van der Waals surface area contributed by atoms with Gasteiger partial charge in [-0.05, 0) is 36.6 Å². The molecule has 1 aromatic heterocycles. The van der Waals surface area contributed by atoms with Crippen molar-refractivity contribution in [2.75, 3.05) is 20.1 Å². The Kier molecular flexibility index (Phi) is 8.96. The van der Waals surface area contributed by atoms with E-state index in [-0.39, 0.29) is 11.8 Å². The average molecular weight is 413 g/mol. The van der Waals surface area contributed by atoms with E-state index in [0.717, 1.165) is 32.5 Å². The molecule has 2 N–H and O–H groups in total. The van der Waals surface area contributed by atoms with Crippen molar-refractivity contribution in [3.63, 3.8) is 0 Å². The number of carbonyl (C=O) groups excluding carboxylic acids is 1. The van der Waals surface area contributed by atoms with Gasteiger partial charge in [-0.3, -0.25) is 14.7 Å². The van der Waals surface area contributed by atoms with Gasteiger partial charge in [0.05, 0.1) is 5.92 Å². The molecule has 0 aliphatic carbocycles. The highest BCUT2D eigenvalue weighted by Crippen LogP contribution is 2.21. The molecule has 3 rings (SSSR count). The van der Waals surface area contributed by atoms with Crippen molar-refractivity contribution in [1.82, 2.24) is 14.8 Å². The fourth-order valence-electron chi connectivity index (χ4n) is 3.40. The Labute approximate surface area is 175 Å². The predicted octanol–water partition coefficient (Wildman–Crippen LogP) is 2.11. The number of carboxylic acid groups (broad SMARTS) is 2. The standard InChI is InChI=1S/C20H25N3O.C2H2O4/c1-22(14-17-7-3-2-4-8-17)20(24)19-10-6-12-23(16-19)15-18-9-5-11-21-13-18;3-1(4)2(5)6/h2-5,7-9,11,13,19H,6,10,12,14-16H2,1H3;(H,3,4)(H,5,6). The fourth-order valence-corrected chi connectivity index (χ4v) is 3.40. The highest BCUT2D eigenvalue weighted by molar-refractivity contribution is 6.27. The van der Waals surface area contributed by atoms with Crippen LogP contribution in [0.3, 0.4) is 0 Å². The number of rotatable bonds is 5. The van der Waals surface area contributed by atoms with Gasteiger partial charge in [0.2, 0.25) is 5.91 Å². The lowest BCUT2D eigenvalue weighted by Gasteiger charge is -2.34. The maximum absolute atomic E-state index is 12.8. The maximum Gasteiger partial charge on any atom is 0.414 e. The zero-order chi connectivity index (χ0) is 21.9. The van der Waals surface area contributed by atoms with Crippen LogP contribution >= 0.6 is 0 Å². The molecular formula is C22H27N3O5. The van der Waals surface area contributed by atoms with Crippen LogP contribution in [-0.2, 0) is 27.5 Å². The van der Waals surface area contributed by atoms with Crippen molar-refractivity contribution >= 4 is 17.8 Å². The lowest BCUT2D eigenvalue weighted by molar-refractivity contribution is -0.159. The average Bonchev–Trinajstić information content (AvgIpc) is 2.75. The summed E-state index contributed by atoms with van der Waals surface area (Å²) in [5.74, 6) is -3.29. The zero-order valence-corrected chi connectivity index (χ0v) is 17.0. The van der Waals surface area contributed by atoms with Gasteiger partial charge in [0.1, 0.15) is 0 Å². The molecule has 1 fully saturated rings. The second-order valence-corrected chi connectivity index (χ2v) is 7.23. The SMILES string of the molecule is CN(Cc1ccccc1)C(=O)C1CCCN(Cc2cccnc2)C1.O=C(O)C(=O)O. The summed E-state index contributed by atoms with van der Waals surface area (Å²) in [5, 5.41) is 14.8. The number of amides is 1. The smallest absolute Gasteiger partial charge is 0.414 e. The lowest BCUT2D eigenvalue weighted by Crippen LogP contribution is -2.43. The first-order valence-electron chi connectivity index (χ1n) is 9.73. The largest absolute Gasteiger partial charge is 0.473 e. The number of piperidine rings is 1. The van der Waals surface area contributed by atoms with E-state index in [1.54, 1.807) is 6.20 Å². The van der Waals surface area contributed by atoms with E-state index in [0.29, 0.717) is 6.54 Å². The molecule has 2 aromatic rings. The van der Waals surface area contributed by atoms with Gasteiger partial charge in [0.15, 0.2) is 0 Å². The Morgan fingerprint density at radius 1 is 1.07 bits per heavy atom. The van der Waals surface area contributed by atoms with Crippen LogP contribution in [0.15, 0.2) is 54.9 Å². The number of aromatic nitrogens is 1. The van der Waals surface area contributed by atoms with Crippen molar-refractivity contribution in [2.45, 2.75) is 25.9 Å². The van der Waals surface area contributed by atoms with E-state index in [9.17, 15) is 4.79 Å². The van der Waals surface area contributed by atoms with E-state index in [4.69, 9.17) is 19.8 Å². The normalized spacial score (nSPS) is 16.1. The molecule has 1 saturated heterocycles. The van der Waals surface area contributed by atoms with Crippen molar-refractivity contribution in [2.24, 2.45) is 5.92 Å². The minimum absolute atomic E-state index is 0.101. The van der Waals surface area contributed by atoms with E-state index >= 15 is 0 Å². The predicted molar refractivity (Wildman–Crippen MR) is 110 cm³/mol. The molecule has 1 aliphatic rings. The van der Waals surface area contributed by atoms with Crippen molar-refractivity contribution in [3.8, 4) is 0 Å². The summed E-state index contributed by atoms with van der Waals surface area (Å²) in [6.07, 6.45) is 5.77. The fraction of sp³-hybridized carbons (Fsp3) is 0.364. The summed E-state index contributed by atoms with van der Waals surface area (Å²) in [6, 6.07) is 14.2. The molecular weight excluding hydrogens is 386 g/mol. The minimum atomic E-state index is -1.82. The van der Waals surface area contributed by atoms with Crippen LogP contribution in [0.25, 0.3) is 0 Å². The summed E-state index contributed by atoms with van der Waals surface area (Å²) >= 11 is 0. The highest BCUT2D eigenvalue weighted by Gasteiger charge is 2.28. The molecule has 8 heteroatoms. The molecule has 0 radical (unpaired) electrons. The van der Waals surface area contributed by atoms with E-state index in [1.165, 1.54) is 11.1 Å². The molecule has 1 atom stereocenters. The number of hydrogen-bond acceptors (Lipinski definition) is 5. The molecule has 0 saturated carbocycles. The van der Waals surface area contributed by atoms with Gasteiger partial charge in [-0.1, -0.05) is 36.4 Å². The molecule has 1 amide bonds. The summed E-state index contributed by atoms with van der Waals surface area (Å²) in [7, 11) is 1.91. The number of aliphatic carboxylic acids is 2. The Morgan fingerprint density at radius 2 is 1.73 bits per heavy atom. The number of nitrogens with zero attached hydrogens (tertiary/aromatic N) is 3. The van der Waals surface area contributed by atoms with Crippen LogP contribution in [0, 0.1) is 5.92 Å². The first-order chi connectivity index (χ1) is 14.4. The Morgan fingerprint density at radius 3 is 2.33 bits per heavy atom. The molecule has 1 aromatic carbocycles. The molecule has 2 heterocycles. The minimum Gasteiger partial charge on any atom is -0.473 e. The first-order valence-corrected chi connectivity index (χ1v) is 9.73. The molecule has 160 valence electrons. The first kappa shape index (κ1) is 23.0. The third kappa shape index (κ3) is 7.63. The molecule has 1 unspecified atom stereocenters. The third-order valence-corrected chi connectivity index (χ3v) is 4.81. The van der Waals surface area contributed by atoms with E-state index in [2.05, 4.69) is 28.1 Å². The summed E-state index contributed by atoms with van der Waals surface area (Å²) in [5.41, 5.74) is 2.39. The van der Waals surface area contributed by atoms with Crippen LogP contribution in [0.4, 0.5) is 0 Å². The molecule has 8 nitrogen and oxygen atoms in total. The quantitative estimate of drug-likeness (QED) is 0.722. The maximum atomic E-state index is 12.8. The number of likely N-dealkylation sites (tertiary alicyclic amines) is 1. The van der Waals surface area contributed by atoms with Gasteiger partial charge in [-0.15, -0.1) is 0 Å². The second-order valence-electron chi connectivity index (χ2n) is 7.23. The summed E-state index contributed by atoms with van der Waals surface area (Å²) in [6.45, 7) is 3.45. The van der Waals surface area contributed by atoms with Crippen LogP contribution in [0.2, 0.25) is 0 Å². The molecule has 1 aliphatic heterocycles. The van der Waals surface area contributed by atoms with Gasteiger partial charge < -0.3 is 15.1 Å². The summed E-state index contributed by atoms with van der Waals surface area (Å²) in [4.78, 5) is 39.4. The van der Waals surface area contributed by atoms with Crippen molar-refractivity contribution in [3.05, 3.63) is 66.0 Å². The summed E-state index contributed by atoms with van der Waals surface area (Å²) < 4.78 is 0. The van der Waals surface area contributed by atoms with Gasteiger partial charge in [0, 0.05) is 39.1 Å². The number of carbonyl (C=O) groups is 3. The van der Waals surface area contributed by atoms with E-state index in [1.807, 2.05) is 42.4 Å². The van der Waals surface area contributed by atoms with Gasteiger partial charge >= 0.3 is 11.9 Å². The Hall–Kier alpha value is -3.26. The second kappa shape index (κ2) is 11.7. The number of pyridine rings is 1. The van der Waals surface area contributed by atoms with Gasteiger partial charge in [-0.2, -0.15) is 0 Å². The number of benzene rings is 1. The Bertz CT molecular complexity index is 817. The van der Waals surface area contributed by atoms with Gasteiger partial charge in [0.25, 0.3) is 0 Å². The van der Waals surface area contributed by atoms with Crippen molar-refractivity contribution in [1.29, 1.82) is 0 Å². The van der Waals surface area contributed by atoms with Crippen LogP contribution in [-0.4, -0.2) is 63.0 Å². The lowest BCUT2D eigenvalue weighted by atomic mass is 9.96.